The number of benzene rings is 1. The quantitative estimate of drug-likeness (QED) is 0.890. The summed E-state index contributed by atoms with van der Waals surface area (Å²) >= 11 is 0. The fraction of sp³-hybridized carbons (Fsp3) is 0.333. The molecule has 0 atom stereocenters. The molecule has 3 heterocycles. The van der Waals surface area contributed by atoms with Crippen LogP contribution in [0.2, 0.25) is 0 Å². The van der Waals surface area contributed by atoms with E-state index in [2.05, 4.69) is 39.7 Å². The summed E-state index contributed by atoms with van der Waals surface area (Å²) in [5.41, 5.74) is 6.35. The van der Waals surface area contributed by atoms with Gasteiger partial charge in [-0.25, -0.2) is 0 Å². The molecule has 0 radical (unpaired) electrons. The van der Waals surface area contributed by atoms with Crippen molar-refractivity contribution in [2.75, 3.05) is 30.4 Å². The molecule has 4 rings (SSSR count). The van der Waals surface area contributed by atoms with Crippen molar-refractivity contribution < 1.29 is 4.79 Å². The predicted octanol–water partition coefficient (Wildman–Crippen LogP) is 1.97. The van der Waals surface area contributed by atoms with Gasteiger partial charge in [-0.15, -0.1) is 0 Å². The van der Waals surface area contributed by atoms with Crippen molar-refractivity contribution in [2.45, 2.75) is 19.4 Å². The Kier molecular flexibility index (Phi) is 3.50. The molecule has 0 spiro atoms. The molecule has 0 aliphatic carbocycles. The molecule has 1 aromatic heterocycles. The maximum absolute atomic E-state index is 12.7. The molecule has 2 aliphatic rings. The average molecular weight is 308 g/mol. The van der Waals surface area contributed by atoms with Crippen LogP contribution in [0.15, 0.2) is 30.6 Å². The summed E-state index contributed by atoms with van der Waals surface area (Å²) in [5.74, 6) is -0.0671. The van der Waals surface area contributed by atoms with Gasteiger partial charge in [0, 0.05) is 43.9 Å². The molecule has 0 fully saturated rings. The van der Waals surface area contributed by atoms with Gasteiger partial charge in [0.25, 0.3) is 5.91 Å². The van der Waals surface area contributed by atoms with E-state index >= 15 is 0 Å². The highest BCUT2D eigenvalue weighted by atomic mass is 16.1. The lowest BCUT2D eigenvalue weighted by Crippen LogP contribution is -2.27. The number of nitrogens with zero attached hydrogens (tertiary/aromatic N) is 2. The van der Waals surface area contributed by atoms with E-state index in [1.165, 1.54) is 11.3 Å². The molecule has 1 amide bonds. The highest BCUT2D eigenvalue weighted by Crippen LogP contribution is 2.29. The largest absolute Gasteiger partial charge is 0.374 e. The number of nitrogens with one attached hydrogen (secondary N) is 2. The van der Waals surface area contributed by atoms with Crippen molar-refractivity contribution in [2.24, 2.45) is 0 Å². The van der Waals surface area contributed by atoms with Gasteiger partial charge in [-0.1, -0.05) is 0 Å². The number of fused-ring (bicyclic) bond motifs is 2. The van der Waals surface area contributed by atoms with Crippen molar-refractivity contribution >= 4 is 17.3 Å². The first-order chi connectivity index (χ1) is 11.2. The second-order valence-corrected chi connectivity index (χ2v) is 6.22. The van der Waals surface area contributed by atoms with E-state index in [9.17, 15) is 4.79 Å². The Bertz CT molecular complexity index is 772. The zero-order valence-electron chi connectivity index (χ0n) is 13.2. The van der Waals surface area contributed by atoms with Crippen LogP contribution in [0, 0.1) is 0 Å². The van der Waals surface area contributed by atoms with E-state index in [1.54, 1.807) is 6.20 Å². The molecule has 2 aliphatic heterocycles. The van der Waals surface area contributed by atoms with E-state index in [-0.39, 0.29) is 5.91 Å². The lowest BCUT2D eigenvalue weighted by Gasteiger charge is -2.19. The average Bonchev–Trinajstić information content (AvgIpc) is 2.95. The van der Waals surface area contributed by atoms with Gasteiger partial charge < -0.3 is 15.5 Å². The van der Waals surface area contributed by atoms with Crippen molar-refractivity contribution in [3.8, 4) is 0 Å². The second kappa shape index (κ2) is 5.66. The van der Waals surface area contributed by atoms with Crippen LogP contribution in [-0.4, -0.2) is 31.0 Å². The molecule has 0 saturated heterocycles. The summed E-state index contributed by atoms with van der Waals surface area (Å²) in [6.45, 7) is 2.73. The number of carbonyl (C=O) groups is 1. The Morgan fingerprint density at radius 1 is 1.26 bits per heavy atom. The Labute approximate surface area is 135 Å². The minimum Gasteiger partial charge on any atom is -0.374 e. The van der Waals surface area contributed by atoms with Gasteiger partial charge in [0.2, 0.25) is 0 Å². The third-order valence-corrected chi connectivity index (χ3v) is 4.72. The number of pyridine rings is 1. The number of hydrogen-bond donors (Lipinski definition) is 2. The van der Waals surface area contributed by atoms with Gasteiger partial charge in [0.05, 0.1) is 5.56 Å². The summed E-state index contributed by atoms with van der Waals surface area (Å²) in [4.78, 5) is 19.1. The van der Waals surface area contributed by atoms with Crippen LogP contribution in [0.5, 0.6) is 0 Å². The van der Waals surface area contributed by atoms with Gasteiger partial charge in [-0.3, -0.25) is 9.78 Å². The van der Waals surface area contributed by atoms with Crippen molar-refractivity contribution in [3.63, 3.8) is 0 Å². The molecule has 2 aromatic rings. The minimum absolute atomic E-state index is 0.0671. The summed E-state index contributed by atoms with van der Waals surface area (Å²) in [6, 6.07) is 6.14. The van der Waals surface area contributed by atoms with Crippen LogP contribution in [0.3, 0.4) is 0 Å². The summed E-state index contributed by atoms with van der Waals surface area (Å²) < 4.78 is 0. The monoisotopic (exact) mass is 308 g/mol. The van der Waals surface area contributed by atoms with Crippen LogP contribution in [0.25, 0.3) is 0 Å². The van der Waals surface area contributed by atoms with Gasteiger partial charge >= 0.3 is 0 Å². The van der Waals surface area contributed by atoms with E-state index in [4.69, 9.17) is 0 Å². The number of anilines is 2. The molecule has 5 nitrogen and oxygen atoms in total. The normalized spacial score (nSPS) is 16.0. The van der Waals surface area contributed by atoms with Gasteiger partial charge in [0.1, 0.15) is 0 Å². The fourth-order valence-electron chi connectivity index (χ4n) is 3.45. The summed E-state index contributed by atoms with van der Waals surface area (Å²) in [5, 5.41) is 6.35. The van der Waals surface area contributed by atoms with E-state index in [0.29, 0.717) is 5.56 Å². The lowest BCUT2D eigenvalue weighted by molar-refractivity contribution is 0.102. The maximum atomic E-state index is 12.7. The highest BCUT2D eigenvalue weighted by Gasteiger charge is 2.19. The number of amides is 1. The van der Waals surface area contributed by atoms with Crippen LogP contribution in [-0.2, 0) is 19.4 Å². The van der Waals surface area contributed by atoms with Crippen LogP contribution < -0.4 is 15.5 Å². The first-order valence-electron chi connectivity index (χ1n) is 8.04. The smallest absolute Gasteiger partial charge is 0.257 e. The van der Waals surface area contributed by atoms with Crippen LogP contribution in [0.4, 0.5) is 11.4 Å². The van der Waals surface area contributed by atoms with Gasteiger partial charge in [0.15, 0.2) is 0 Å². The first kappa shape index (κ1) is 14.2. The molecule has 5 heteroatoms. The Hall–Kier alpha value is -2.40. The number of aromatic nitrogens is 1. The number of likely N-dealkylation sites (N-methyl/N-ethyl adjacent to an activating group) is 1. The third-order valence-electron chi connectivity index (χ3n) is 4.72. The summed E-state index contributed by atoms with van der Waals surface area (Å²) in [7, 11) is 2.10. The fourth-order valence-corrected chi connectivity index (χ4v) is 3.45. The van der Waals surface area contributed by atoms with Gasteiger partial charge in [-0.2, -0.15) is 0 Å². The van der Waals surface area contributed by atoms with Crippen LogP contribution >= 0.6 is 0 Å². The number of rotatable bonds is 2. The lowest BCUT2D eigenvalue weighted by atomic mass is 9.98. The summed E-state index contributed by atoms with van der Waals surface area (Å²) in [6.07, 6.45) is 5.43. The number of carbonyl (C=O) groups excluding carboxylic acids is 1. The standard InChI is InChI=1S/C18H20N4O/c1-22-7-5-12-8-14(2-3-17(12)22)21-18(23)16-11-20-10-13-9-19-6-4-15(13)16/h2-3,8,10-11,19H,4-7,9H2,1H3,(H,21,23). The highest BCUT2D eigenvalue weighted by molar-refractivity contribution is 6.05. The molecule has 2 N–H and O–H groups in total. The predicted molar refractivity (Wildman–Crippen MR) is 91.0 cm³/mol. The second-order valence-electron chi connectivity index (χ2n) is 6.22. The topological polar surface area (TPSA) is 57.3 Å². The molecule has 0 bridgehead atoms. The number of hydrogen-bond acceptors (Lipinski definition) is 4. The molecule has 0 saturated carbocycles. The Balaban J connectivity index is 1.59. The maximum Gasteiger partial charge on any atom is 0.257 e. The zero-order valence-corrected chi connectivity index (χ0v) is 13.2. The molecular formula is C18H20N4O. The van der Waals surface area contributed by atoms with Gasteiger partial charge in [-0.05, 0) is 54.3 Å². The molecule has 1 aromatic carbocycles. The van der Waals surface area contributed by atoms with Crippen molar-refractivity contribution in [1.29, 1.82) is 0 Å². The minimum atomic E-state index is -0.0671. The van der Waals surface area contributed by atoms with E-state index in [0.717, 1.165) is 49.3 Å². The molecular weight excluding hydrogens is 288 g/mol. The van der Waals surface area contributed by atoms with Crippen molar-refractivity contribution in [1.82, 2.24) is 10.3 Å². The SMILES string of the molecule is CN1CCc2cc(NC(=O)c3cncc4c3CCNC4)ccc21. The molecule has 118 valence electrons. The Morgan fingerprint density at radius 3 is 3.09 bits per heavy atom. The molecule has 23 heavy (non-hydrogen) atoms. The van der Waals surface area contributed by atoms with Crippen molar-refractivity contribution in [3.05, 3.63) is 52.8 Å². The first-order valence-corrected chi connectivity index (χ1v) is 8.04. The van der Waals surface area contributed by atoms with Crippen LogP contribution in [0.1, 0.15) is 27.0 Å². The van der Waals surface area contributed by atoms with E-state index in [1.807, 2.05) is 12.3 Å². The zero-order chi connectivity index (χ0) is 15.8. The third kappa shape index (κ3) is 2.57. The molecule has 0 unspecified atom stereocenters. The van der Waals surface area contributed by atoms with E-state index < -0.39 is 0 Å². The Morgan fingerprint density at radius 2 is 2.17 bits per heavy atom.